The van der Waals surface area contributed by atoms with E-state index in [0.717, 1.165) is 31.7 Å². The van der Waals surface area contributed by atoms with E-state index in [2.05, 4.69) is 18.7 Å². The van der Waals surface area contributed by atoms with Gasteiger partial charge in [0.2, 0.25) is 0 Å². The lowest BCUT2D eigenvalue weighted by atomic mass is 10.1. The molecule has 1 aliphatic rings. The molecule has 22 heavy (non-hydrogen) atoms. The highest BCUT2D eigenvalue weighted by atomic mass is 16.2. The molecule has 1 aromatic heterocycles. The Balaban J connectivity index is 2.06. The van der Waals surface area contributed by atoms with E-state index >= 15 is 0 Å². The SMILES string of the molecule is Cc1cc(=O)cc(C(=O)N(C)C[C@@H]2CCN(C(C)C)C2)n1C. The highest BCUT2D eigenvalue weighted by molar-refractivity contribution is 5.92. The molecule has 1 saturated heterocycles. The molecule has 1 atom stereocenters. The smallest absolute Gasteiger partial charge is 0.270 e. The predicted molar refractivity (Wildman–Crippen MR) is 88.2 cm³/mol. The molecular formula is C17H27N3O2. The van der Waals surface area contributed by atoms with E-state index in [1.807, 2.05) is 21.0 Å². The van der Waals surface area contributed by atoms with Crippen molar-refractivity contribution in [3.63, 3.8) is 0 Å². The monoisotopic (exact) mass is 305 g/mol. The summed E-state index contributed by atoms with van der Waals surface area (Å²) in [5.41, 5.74) is 1.15. The van der Waals surface area contributed by atoms with Crippen LogP contribution in [-0.2, 0) is 7.05 Å². The van der Waals surface area contributed by atoms with Gasteiger partial charge in [-0.3, -0.25) is 9.59 Å². The average Bonchev–Trinajstić information content (AvgIpc) is 2.90. The highest BCUT2D eigenvalue weighted by Crippen LogP contribution is 2.19. The van der Waals surface area contributed by atoms with Gasteiger partial charge in [0, 0.05) is 51.1 Å². The average molecular weight is 305 g/mol. The predicted octanol–water partition coefficient (Wildman–Crippen LogP) is 1.50. The van der Waals surface area contributed by atoms with Crippen LogP contribution in [0.2, 0.25) is 0 Å². The number of aromatic nitrogens is 1. The minimum Gasteiger partial charge on any atom is -0.344 e. The maximum absolute atomic E-state index is 12.6. The summed E-state index contributed by atoms with van der Waals surface area (Å²) in [4.78, 5) is 28.5. The number of hydrogen-bond acceptors (Lipinski definition) is 3. The van der Waals surface area contributed by atoms with Gasteiger partial charge in [-0.15, -0.1) is 0 Å². The molecule has 0 unspecified atom stereocenters. The van der Waals surface area contributed by atoms with Gasteiger partial charge in [0.15, 0.2) is 5.43 Å². The van der Waals surface area contributed by atoms with Crippen LogP contribution >= 0.6 is 0 Å². The molecule has 5 heteroatoms. The molecule has 1 aliphatic heterocycles. The van der Waals surface area contributed by atoms with Gasteiger partial charge in [0.05, 0.1) is 0 Å². The third-order valence-corrected chi connectivity index (χ3v) is 4.67. The van der Waals surface area contributed by atoms with Gasteiger partial charge < -0.3 is 14.4 Å². The largest absolute Gasteiger partial charge is 0.344 e. The first-order chi connectivity index (χ1) is 10.3. The van der Waals surface area contributed by atoms with Crippen LogP contribution < -0.4 is 5.43 Å². The van der Waals surface area contributed by atoms with E-state index < -0.39 is 0 Å². The molecule has 2 rings (SSSR count). The fourth-order valence-corrected chi connectivity index (χ4v) is 3.12. The van der Waals surface area contributed by atoms with Crippen LogP contribution in [0.4, 0.5) is 0 Å². The lowest BCUT2D eigenvalue weighted by molar-refractivity contribution is 0.0761. The molecule has 0 saturated carbocycles. The van der Waals surface area contributed by atoms with Gasteiger partial charge in [-0.1, -0.05) is 0 Å². The summed E-state index contributed by atoms with van der Waals surface area (Å²) in [7, 11) is 3.65. The summed E-state index contributed by atoms with van der Waals surface area (Å²) >= 11 is 0. The van der Waals surface area contributed by atoms with Crippen molar-refractivity contribution >= 4 is 5.91 Å². The minimum atomic E-state index is -0.112. The van der Waals surface area contributed by atoms with Gasteiger partial charge >= 0.3 is 0 Å². The molecule has 0 spiro atoms. The summed E-state index contributed by atoms with van der Waals surface area (Å²) in [6.45, 7) is 9.15. The topological polar surface area (TPSA) is 45.6 Å². The van der Waals surface area contributed by atoms with Gasteiger partial charge in [0.25, 0.3) is 5.91 Å². The van der Waals surface area contributed by atoms with Crippen LogP contribution in [0.5, 0.6) is 0 Å². The number of carbonyl (C=O) groups is 1. The van der Waals surface area contributed by atoms with E-state index in [4.69, 9.17) is 0 Å². The molecule has 0 bridgehead atoms. The van der Waals surface area contributed by atoms with E-state index in [1.165, 1.54) is 6.07 Å². The fourth-order valence-electron chi connectivity index (χ4n) is 3.12. The van der Waals surface area contributed by atoms with E-state index in [1.54, 1.807) is 15.5 Å². The van der Waals surface area contributed by atoms with Crippen molar-refractivity contribution in [2.45, 2.75) is 33.2 Å². The van der Waals surface area contributed by atoms with Crippen molar-refractivity contribution in [3.05, 3.63) is 33.7 Å². The Morgan fingerprint density at radius 3 is 2.68 bits per heavy atom. The van der Waals surface area contributed by atoms with Crippen molar-refractivity contribution < 1.29 is 4.79 Å². The summed E-state index contributed by atoms with van der Waals surface area (Å²) in [6, 6.07) is 3.54. The maximum Gasteiger partial charge on any atom is 0.270 e. The molecule has 0 N–H and O–H groups in total. The number of likely N-dealkylation sites (tertiary alicyclic amines) is 1. The molecule has 1 fully saturated rings. The van der Waals surface area contributed by atoms with Crippen molar-refractivity contribution in [3.8, 4) is 0 Å². The molecule has 2 heterocycles. The van der Waals surface area contributed by atoms with Gasteiger partial charge in [-0.25, -0.2) is 0 Å². The van der Waals surface area contributed by atoms with E-state index in [9.17, 15) is 9.59 Å². The fraction of sp³-hybridized carbons (Fsp3) is 0.647. The Hall–Kier alpha value is -1.62. The van der Waals surface area contributed by atoms with Crippen molar-refractivity contribution in [1.29, 1.82) is 0 Å². The van der Waals surface area contributed by atoms with Gasteiger partial charge in [0.1, 0.15) is 5.69 Å². The maximum atomic E-state index is 12.6. The molecule has 1 aromatic rings. The zero-order chi connectivity index (χ0) is 16.4. The molecule has 5 nitrogen and oxygen atoms in total. The van der Waals surface area contributed by atoms with Crippen LogP contribution in [0.1, 0.15) is 36.5 Å². The second-order valence-electron chi connectivity index (χ2n) is 6.71. The second-order valence-corrected chi connectivity index (χ2v) is 6.71. The molecule has 1 amide bonds. The Morgan fingerprint density at radius 2 is 2.09 bits per heavy atom. The number of pyridine rings is 1. The molecule has 0 radical (unpaired) electrons. The number of carbonyl (C=O) groups excluding carboxylic acids is 1. The van der Waals surface area contributed by atoms with Crippen molar-refractivity contribution in [2.75, 3.05) is 26.7 Å². The lowest BCUT2D eigenvalue weighted by Gasteiger charge is -2.24. The standard InChI is InChI=1S/C17H27N3O2/c1-12(2)20-7-6-14(11-20)10-18(4)17(22)16-9-15(21)8-13(3)19(16)5/h8-9,12,14H,6-7,10-11H2,1-5H3/t14-/m0/s1. The first kappa shape index (κ1) is 16.7. The quantitative estimate of drug-likeness (QED) is 0.847. The number of hydrogen-bond donors (Lipinski definition) is 0. The zero-order valence-electron chi connectivity index (χ0n) is 14.3. The molecule has 0 aromatic carbocycles. The summed E-state index contributed by atoms with van der Waals surface area (Å²) < 4.78 is 1.79. The van der Waals surface area contributed by atoms with Crippen molar-refractivity contribution in [2.24, 2.45) is 13.0 Å². The zero-order valence-corrected chi connectivity index (χ0v) is 14.3. The van der Waals surface area contributed by atoms with Crippen LogP contribution in [0.25, 0.3) is 0 Å². The Kier molecular flexibility index (Phi) is 5.06. The Bertz CT molecular complexity index is 606. The second kappa shape index (κ2) is 6.65. The van der Waals surface area contributed by atoms with E-state index in [-0.39, 0.29) is 11.3 Å². The summed E-state index contributed by atoms with van der Waals surface area (Å²) in [5, 5.41) is 0. The van der Waals surface area contributed by atoms with Crippen LogP contribution in [0.15, 0.2) is 16.9 Å². The highest BCUT2D eigenvalue weighted by Gasteiger charge is 2.27. The third kappa shape index (κ3) is 3.58. The van der Waals surface area contributed by atoms with Gasteiger partial charge in [-0.05, 0) is 39.7 Å². The number of amides is 1. The Labute approximate surface area is 132 Å². The van der Waals surface area contributed by atoms with Crippen LogP contribution in [0, 0.1) is 12.8 Å². The van der Waals surface area contributed by atoms with Crippen LogP contribution in [0.3, 0.4) is 0 Å². The van der Waals surface area contributed by atoms with Gasteiger partial charge in [-0.2, -0.15) is 0 Å². The first-order valence-corrected chi connectivity index (χ1v) is 7.96. The molecule has 0 aliphatic carbocycles. The van der Waals surface area contributed by atoms with Crippen LogP contribution in [-0.4, -0.2) is 53.0 Å². The summed E-state index contributed by atoms with van der Waals surface area (Å²) in [6.07, 6.45) is 1.13. The number of aryl methyl sites for hydroxylation is 1. The van der Waals surface area contributed by atoms with Crippen molar-refractivity contribution in [1.82, 2.24) is 14.4 Å². The summed E-state index contributed by atoms with van der Waals surface area (Å²) in [5.74, 6) is 0.435. The number of nitrogens with zero attached hydrogens (tertiary/aromatic N) is 3. The normalized spacial score (nSPS) is 18.9. The third-order valence-electron chi connectivity index (χ3n) is 4.67. The Morgan fingerprint density at radius 1 is 1.41 bits per heavy atom. The first-order valence-electron chi connectivity index (χ1n) is 7.96. The lowest BCUT2D eigenvalue weighted by Crippen LogP contribution is -2.36. The van der Waals surface area contributed by atoms with E-state index in [0.29, 0.717) is 17.7 Å². The molecule has 122 valence electrons. The molecular weight excluding hydrogens is 278 g/mol. The minimum absolute atomic E-state index is 0.0775. The number of rotatable bonds is 4.